The van der Waals surface area contributed by atoms with Gasteiger partial charge in [0.05, 0.1) is 5.60 Å². The Morgan fingerprint density at radius 2 is 1.83 bits per heavy atom. The monoisotopic (exact) mass is 318 g/mol. The topological polar surface area (TPSA) is 61.7 Å². The predicted molar refractivity (Wildman–Crippen MR) is 87.3 cm³/mol. The van der Waals surface area contributed by atoms with E-state index in [1.165, 1.54) is 0 Å². The highest BCUT2D eigenvalue weighted by Crippen LogP contribution is 2.37. The molecule has 0 aliphatic carbocycles. The smallest absolute Gasteiger partial charge is 0.225 e. The fourth-order valence-corrected chi connectivity index (χ4v) is 4.35. The van der Waals surface area contributed by atoms with Gasteiger partial charge in [-0.1, -0.05) is 0 Å². The number of ether oxygens (including phenoxy) is 1. The zero-order valence-corrected chi connectivity index (χ0v) is 13.6. The molecule has 126 valence electrons. The van der Waals surface area contributed by atoms with Gasteiger partial charge < -0.3 is 14.7 Å². The molecule has 23 heavy (non-hydrogen) atoms. The Kier molecular flexibility index (Phi) is 4.22. The minimum Gasteiger partial charge on any atom is -0.389 e. The van der Waals surface area contributed by atoms with Crippen LogP contribution in [0, 0.1) is 5.92 Å². The summed E-state index contributed by atoms with van der Waals surface area (Å²) < 4.78 is 5.49. The van der Waals surface area contributed by atoms with E-state index in [4.69, 9.17) is 4.74 Å². The van der Waals surface area contributed by atoms with Gasteiger partial charge in [-0.25, -0.2) is 9.97 Å². The summed E-state index contributed by atoms with van der Waals surface area (Å²) in [5, 5.41) is 11.1. The van der Waals surface area contributed by atoms with E-state index in [0.29, 0.717) is 6.04 Å². The Morgan fingerprint density at radius 3 is 2.61 bits per heavy atom. The van der Waals surface area contributed by atoms with Crippen molar-refractivity contribution in [3.8, 4) is 0 Å². The van der Waals surface area contributed by atoms with Crippen LogP contribution in [-0.2, 0) is 4.74 Å². The second kappa shape index (κ2) is 6.34. The van der Waals surface area contributed by atoms with E-state index in [-0.39, 0.29) is 5.92 Å². The average Bonchev–Trinajstić information content (AvgIpc) is 2.62. The number of likely N-dealkylation sites (tertiary alicyclic amines) is 1. The molecule has 6 nitrogen and oxygen atoms in total. The lowest BCUT2D eigenvalue weighted by molar-refractivity contribution is -0.0986. The zero-order valence-electron chi connectivity index (χ0n) is 13.6. The van der Waals surface area contributed by atoms with Crippen molar-refractivity contribution in [1.29, 1.82) is 0 Å². The van der Waals surface area contributed by atoms with Crippen LogP contribution in [0.15, 0.2) is 18.5 Å². The van der Waals surface area contributed by atoms with Gasteiger partial charge in [0.1, 0.15) is 0 Å². The molecule has 4 heterocycles. The van der Waals surface area contributed by atoms with Crippen molar-refractivity contribution >= 4 is 5.95 Å². The summed E-state index contributed by atoms with van der Waals surface area (Å²) in [7, 11) is 0. The summed E-state index contributed by atoms with van der Waals surface area (Å²) in [6.45, 7) is 5.43. The fraction of sp³-hybridized carbons (Fsp3) is 0.765. The third-order valence-electron chi connectivity index (χ3n) is 5.84. The zero-order chi connectivity index (χ0) is 15.7. The second-order valence-corrected chi connectivity index (χ2v) is 7.13. The number of fused-ring (bicyclic) bond motifs is 1. The molecule has 3 saturated heterocycles. The number of rotatable bonds is 2. The van der Waals surface area contributed by atoms with Crippen molar-refractivity contribution in [3.05, 3.63) is 18.5 Å². The number of hydrogen-bond donors (Lipinski definition) is 1. The van der Waals surface area contributed by atoms with Crippen LogP contribution in [0.5, 0.6) is 0 Å². The molecule has 0 saturated carbocycles. The number of nitrogens with zero attached hydrogens (tertiary/aromatic N) is 4. The van der Waals surface area contributed by atoms with Crippen LogP contribution in [0.2, 0.25) is 0 Å². The third kappa shape index (κ3) is 3.07. The Labute approximate surface area is 137 Å². The van der Waals surface area contributed by atoms with Crippen molar-refractivity contribution in [1.82, 2.24) is 14.9 Å². The van der Waals surface area contributed by atoms with E-state index in [0.717, 1.165) is 71.0 Å². The predicted octanol–water partition coefficient (Wildman–Crippen LogP) is 0.919. The Bertz CT molecular complexity index is 523. The molecule has 0 bridgehead atoms. The normalized spacial score (nSPS) is 33.4. The van der Waals surface area contributed by atoms with E-state index in [9.17, 15) is 5.11 Å². The van der Waals surface area contributed by atoms with Crippen LogP contribution < -0.4 is 4.90 Å². The van der Waals surface area contributed by atoms with E-state index in [1.807, 2.05) is 6.07 Å². The molecule has 0 aromatic carbocycles. The molecule has 1 aromatic rings. The molecule has 3 fully saturated rings. The molecular formula is C17H26N4O2. The first-order valence-electron chi connectivity index (χ1n) is 8.81. The highest BCUT2D eigenvalue weighted by molar-refractivity contribution is 5.30. The third-order valence-corrected chi connectivity index (χ3v) is 5.84. The largest absolute Gasteiger partial charge is 0.389 e. The molecule has 0 unspecified atom stereocenters. The van der Waals surface area contributed by atoms with Gasteiger partial charge >= 0.3 is 0 Å². The highest BCUT2D eigenvalue weighted by atomic mass is 16.5. The number of anilines is 1. The van der Waals surface area contributed by atoms with Crippen molar-refractivity contribution in [2.45, 2.75) is 37.3 Å². The van der Waals surface area contributed by atoms with Crippen LogP contribution in [0.1, 0.15) is 25.7 Å². The number of hydrogen-bond acceptors (Lipinski definition) is 6. The lowest BCUT2D eigenvalue weighted by Crippen LogP contribution is -2.61. The Hall–Kier alpha value is -1.24. The molecule has 2 atom stereocenters. The van der Waals surface area contributed by atoms with E-state index >= 15 is 0 Å². The molecular weight excluding hydrogens is 292 g/mol. The van der Waals surface area contributed by atoms with Crippen molar-refractivity contribution in [2.75, 3.05) is 44.3 Å². The Morgan fingerprint density at radius 1 is 1.09 bits per heavy atom. The number of piperidine rings is 2. The van der Waals surface area contributed by atoms with Crippen LogP contribution in [0.3, 0.4) is 0 Å². The van der Waals surface area contributed by atoms with Crippen LogP contribution >= 0.6 is 0 Å². The summed E-state index contributed by atoms with van der Waals surface area (Å²) in [5.74, 6) is 1.06. The first-order valence-corrected chi connectivity index (χ1v) is 8.81. The molecule has 3 aliphatic rings. The Balaban J connectivity index is 1.45. The summed E-state index contributed by atoms with van der Waals surface area (Å²) in [6.07, 6.45) is 7.53. The standard InChI is InChI=1S/C17H26N4O2/c22-17-4-8-20(15-2-10-23-11-3-15)12-14(17)13-21(9-5-17)16-18-6-1-7-19-16/h1,6-7,14-15,22H,2-5,8-13H2/t14-,17-/m1/s1. The van der Waals surface area contributed by atoms with Crippen LogP contribution in [0.25, 0.3) is 0 Å². The molecule has 0 radical (unpaired) electrons. The number of aromatic nitrogens is 2. The maximum Gasteiger partial charge on any atom is 0.225 e. The first-order chi connectivity index (χ1) is 11.2. The molecule has 1 N–H and O–H groups in total. The molecule has 4 rings (SSSR count). The van der Waals surface area contributed by atoms with Crippen LogP contribution in [-0.4, -0.2) is 71.0 Å². The molecule has 0 amide bonds. The summed E-state index contributed by atoms with van der Waals surface area (Å²) in [4.78, 5) is 13.6. The maximum absolute atomic E-state index is 11.1. The summed E-state index contributed by atoms with van der Waals surface area (Å²) >= 11 is 0. The lowest BCUT2D eigenvalue weighted by Gasteiger charge is -2.52. The first kappa shape index (κ1) is 15.3. The van der Waals surface area contributed by atoms with Crippen molar-refractivity contribution in [3.63, 3.8) is 0 Å². The van der Waals surface area contributed by atoms with Gasteiger partial charge in [0, 0.05) is 63.7 Å². The second-order valence-electron chi connectivity index (χ2n) is 7.13. The highest BCUT2D eigenvalue weighted by Gasteiger charge is 2.46. The number of aliphatic hydroxyl groups is 1. The quantitative estimate of drug-likeness (QED) is 0.875. The van der Waals surface area contributed by atoms with Gasteiger partial charge in [0.25, 0.3) is 0 Å². The fourth-order valence-electron chi connectivity index (χ4n) is 4.35. The minimum atomic E-state index is -0.507. The minimum absolute atomic E-state index is 0.275. The van der Waals surface area contributed by atoms with Crippen molar-refractivity contribution < 1.29 is 9.84 Å². The van der Waals surface area contributed by atoms with Gasteiger partial charge in [-0.3, -0.25) is 4.90 Å². The lowest BCUT2D eigenvalue weighted by atomic mass is 9.75. The van der Waals surface area contributed by atoms with Gasteiger partial charge in [0.15, 0.2) is 0 Å². The van der Waals surface area contributed by atoms with E-state index < -0.39 is 5.60 Å². The van der Waals surface area contributed by atoms with Crippen molar-refractivity contribution in [2.24, 2.45) is 5.92 Å². The van der Waals surface area contributed by atoms with Gasteiger partial charge in [-0.2, -0.15) is 0 Å². The van der Waals surface area contributed by atoms with E-state index in [1.54, 1.807) is 12.4 Å². The average molecular weight is 318 g/mol. The van der Waals surface area contributed by atoms with Gasteiger partial charge in [-0.15, -0.1) is 0 Å². The van der Waals surface area contributed by atoms with Gasteiger partial charge in [-0.05, 0) is 31.7 Å². The molecule has 3 aliphatic heterocycles. The summed E-state index contributed by atoms with van der Waals surface area (Å²) in [5.41, 5.74) is -0.507. The summed E-state index contributed by atoms with van der Waals surface area (Å²) in [6, 6.07) is 2.47. The van der Waals surface area contributed by atoms with Crippen LogP contribution in [0.4, 0.5) is 5.95 Å². The molecule has 6 heteroatoms. The molecule has 1 aromatic heterocycles. The molecule has 0 spiro atoms. The SMILES string of the molecule is O[C@]12CCN(c3ncccn3)C[C@H]1CN(C1CCOCC1)CC2. The van der Waals surface area contributed by atoms with Gasteiger partial charge in [0.2, 0.25) is 5.95 Å². The van der Waals surface area contributed by atoms with E-state index in [2.05, 4.69) is 19.8 Å². The maximum atomic E-state index is 11.1.